The van der Waals surface area contributed by atoms with Crippen LogP contribution in [-0.2, 0) is 6.54 Å². The third-order valence-corrected chi connectivity index (χ3v) is 3.45. The number of benzene rings is 2. The first-order valence-corrected chi connectivity index (χ1v) is 6.84. The van der Waals surface area contributed by atoms with Crippen molar-refractivity contribution >= 4 is 5.69 Å². The van der Waals surface area contributed by atoms with E-state index in [0.717, 1.165) is 11.3 Å². The fourth-order valence-corrected chi connectivity index (χ4v) is 2.44. The summed E-state index contributed by atoms with van der Waals surface area (Å²) in [6.07, 6.45) is -0.726. The van der Waals surface area contributed by atoms with Gasteiger partial charge in [-0.3, -0.25) is 0 Å². The van der Waals surface area contributed by atoms with Crippen molar-refractivity contribution in [2.24, 2.45) is 0 Å². The largest absolute Gasteiger partial charge is 0.496 e. The molecule has 2 aromatic carbocycles. The van der Waals surface area contributed by atoms with Gasteiger partial charge < -0.3 is 14.7 Å². The normalized spacial score (nSPS) is 12.0. The van der Waals surface area contributed by atoms with E-state index in [-0.39, 0.29) is 5.82 Å². The number of rotatable bonds is 5. The smallest absolute Gasteiger partial charge is 0.146 e. The molecule has 0 amide bonds. The number of hydrogen-bond donors (Lipinski definition) is 1. The van der Waals surface area contributed by atoms with Gasteiger partial charge in [0.05, 0.1) is 18.9 Å². The SMILES string of the molecule is COc1ccccc1CN(C)c1c(F)cccc1[C@H](C)O. The highest BCUT2D eigenvalue weighted by Crippen LogP contribution is 2.30. The van der Waals surface area contributed by atoms with Crippen molar-refractivity contribution in [2.45, 2.75) is 19.6 Å². The van der Waals surface area contributed by atoms with Gasteiger partial charge in [-0.05, 0) is 19.1 Å². The summed E-state index contributed by atoms with van der Waals surface area (Å²) in [7, 11) is 3.42. The average molecular weight is 289 g/mol. The number of halogens is 1. The second-order valence-corrected chi connectivity index (χ2v) is 5.02. The van der Waals surface area contributed by atoms with Crippen LogP contribution < -0.4 is 9.64 Å². The molecule has 0 fully saturated rings. The average Bonchev–Trinajstić information content (AvgIpc) is 2.47. The highest BCUT2D eigenvalue weighted by molar-refractivity contribution is 5.56. The lowest BCUT2D eigenvalue weighted by molar-refractivity contribution is 0.199. The second kappa shape index (κ2) is 6.59. The van der Waals surface area contributed by atoms with Crippen LogP contribution in [0, 0.1) is 5.82 Å². The lowest BCUT2D eigenvalue weighted by Gasteiger charge is -2.25. The summed E-state index contributed by atoms with van der Waals surface area (Å²) in [5.41, 5.74) is 1.95. The fourth-order valence-electron chi connectivity index (χ4n) is 2.44. The standard InChI is InChI=1S/C17H20FNO2/c1-12(20)14-8-6-9-15(18)17(14)19(2)11-13-7-4-5-10-16(13)21-3/h4-10,12,20H,11H2,1-3H3/t12-/m0/s1. The summed E-state index contributed by atoms with van der Waals surface area (Å²) in [4.78, 5) is 1.79. The number of nitrogens with zero attached hydrogens (tertiary/aromatic N) is 1. The lowest BCUT2D eigenvalue weighted by atomic mass is 10.1. The van der Waals surface area contributed by atoms with Crippen LogP contribution in [-0.4, -0.2) is 19.3 Å². The number of aliphatic hydroxyl groups excluding tert-OH is 1. The Kier molecular flexibility index (Phi) is 4.81. The minimum Gasteiger partial charge on any atom is -0.496 e. The minimum atomic E-state index is -0.726. The van der Waals surface area contributed by atoms with E-state index in [1.54, 1.807) is 38.1 Å². The molecule has 0 saturated carbocycles. The van der Waals surface area contributed by atoms with Gasteiger partial charge >= 0.3 is 0 Å². The van der Waals surface area contributed by atoms with Gasteiger partial charge in [-0.15, -0.1) is 0 Å². The predicted molar refractivity (Wildman–Crippen MR) is 82.1 cm³/mol. The Morgan fingerprint density at radius 1 is 1.19 bits per heavy atom. The first-order chi connectivity index (χ1) is 10.0. The molecule has 0 heterocycles. The molecule has 0 aromatic heterocycles. The van der Waals surface area contributed by atoms with Crippen molar-refractivity contribution in [2.75, 3.05) is 19.1 Å². The van der Waals surface area contributed by atoms with E-state index >= 15 is 0 Å². The Morgan fingerprint density at radius 2 is 1.90 bits per heavy atom. The van der Waals surface area contributed by atoms with Gasteiger partial charge in [0.15, 0.2) is 0 Å². The van der Waals surface area contributed by atoms with Crippen LogP contribution in [0.3, 0.4) is 0 Å². The topological polar surface area (TPSA) is 32.7 Å². The molecule has 21 heavy (non-hydrogen) atoms. The van der Waals surface area contributed by atoms with E-state index in [4.69, 9.17) is 4.74 Å². The molecule has 4 heteroatoms. The number of ether oxygens (including phenoxy) is 1. The van der Waals surface area contributed by atoms with Crippen LogP contribution in [0.4, 0.5) is 10.1 Å². The molecular weight excluding hydrogens is 269 g/mol. The third-order valence-electron chi connectivity index (χ3n) is 3.45. The van der Waals surface area contributed by atoms with E-state index in [1.807, 2.05) is 24.3 Å². The van der Waals surface area contributed by atoms with Gasteiger partial charge in [0.1, 0.15) is 11.6 Å². The van der Waals surface area contributed by atoms with Gasteiger partial charge in [-0.2, -0.15) is 0 Å². The molecule has 2 aromatic rings. The summed E-state index contributed by atoms with van der Waals surface area (Å²) in [6, 6.07) is 12.4. The molecule has 0 radical (unpaired) electrons. The molecule has 0 aliphatic heterocycles. The van der Waals surface area contributed by atoms with Gasteiger partial charge in [0, 0.05) is 24.7 Å². The zero-order valence-corrected chi connectivity index (χ0v) is 12.5. The van der Waals surface area contributed by atoms with Crippen LogP contribution in [0.1, 0.15) is 24.2 Å². The summed E-state index contributed by atoms with van der Waals surface area (Å²) >= 11 is 0. The van der Waals surface area contributed by atoms with Crippen LogP contribution in [0.15, 0.2) is 42.5 Å². The number of methoxy groups -OCH3 is 1. The zero-order valence-electron chi connectivity index (χ0n) is 12.5. The van der Waals surface area contributed by atoms with Crippen molar-refractivity contribution in [3.8, 4) is 5.75 Å². The Labute approximate surface area is 124 Å². The van der Waals surface area contributed by atoms with Crippen molar-refractivity contribution in [3.05, 3.63) is 59.4 Å². The molecule has 0 aliphatic carbocycles. The van der Waals surface area contributed by atoms with E-state index in [0.29, 0.717) is 17.8 Å². The number of para-hydroxylation sites is 2. The highest BCUT2D eigenvalue weighted by Gasteiger charge is 2.17. The maximum Gasteiger partial charge on any atom is 0.146 e. The van der Waals surface area contributed by atoms with Crippen LogP contribution in [0.5, 0.6) is 5.75 Å². The van der Waals surface area contributed by atoms with Crippen molar-refractivity contribution in [3.63, 3.8) is 0 Å². The summed E-state index contributed by atoms with van der Waals surface area (Å²) in [6.45, 7) is 2.12. The van der Waals surface area contributed by atoms with Gasteiger partial charge in [0.25, 0.3) is 0 Å². The highest BCUT2D eigenvalue weighted by atomic mass is 19.1. The number of anilines is 1. The van der Waals surface area contributed by atoms with E-state index in [1.165, 1.54) is 6.07 Å². The molecule has 1 N–H and O–H groups in total. The zero-order chi connectivity index (χ0) is 15.4. The second-order valence-electron chi connectivity index (χ2n) is 5.02. The molecule has 0 bridgehead atoms. The molecule has 0 saturated heterocycles. The lowest BCUT2D eigenvalue weighted by Crippen LogP contribution is -2.20. The molecule has 0 unspecified atom stereocenters. The maximum absolute atomic E-state index is 14.2. The van der Waals surface area contributed by atoms with E-state index < -0.39 is 6.10 Å². The van der Waals surface area contributed by atoms with E-state index in [2.05, 4.69) is 0 Å². The van der Waals surface area contributed by atoms with Crippen molar-refractivity contribution < 1.29 is 14.2 Å². The molecule has 1 atom stereocenters. The quantitative estimate of drug-likeness (QED) is 0.914. The minimum absolute atomic E-state index is 0.342. The number of hydrogen-bond acceptors (Lipinski definition) is 3. The molecule has 0 aliphatic rings. The fraction of sp³-hybridized carbons (Fsp3) is 0.294. The number of aliphatic hydroxyl groups is 1. The Hall–Kier alpha value is -2.07. The van der Waals surface area contributed by atoms with Crippen LogP contribution >= 0.6 is 0 Å². The summed E-state index contributed by atoms with van der Waals surface area (Å²) in [5.74, 6) is 0.421. The van der Waals surface area contributed by atoms with Crippen molar-refractivity contribution in [1.82, 2.24) is 0 Å². The molecule has 2 rings (SSSR count). The summed E-state index contributed by atoms with van der Waals surface area (Å²) < 4.78 is 19.5. The van der Waals surface area contributed by atoms with Crippen LogP contribution in [0.25, 0.3) is 0 Å². The predicted octanol–water partition coefficient (Wildman–Crippen LogP) is 3.52. The van der Waals surface area contributed by atoms with Gasteiger partial charge in [-0.1, -0.05) is 30.3 Å². The molecule has 3 nitrogen and oxygen atoms in total. The maximum atomic E-state index is 14.2. The van der Waals surface area contributed by atoms with Gasteiger partial charge in [-0.25, -0.2) is 4.39 Å². The molecular formula is C17H20FNO2. The molecule has 0 spiro atoms. The van der Waals surface area contributed by atoms with Crippen LogP contribution in [0.2, 0.25) is 0 Å². The monoisotopic (exact) mass is 289 g/mol. The summed E-state index contributed by atoms with van der Waals surface area (Å²) in [5, 5.41) is 9.83. The Morgan fingerprint density at radius 3 is 2.57 bits per heavy atom. The van der Waals surface area contributed by atoms with E-state index in [9.17, 15) is 9.50 Å². The van der Waals surface area contributed by atoms with Gasteiger partial charge in [0.2, 0.25) is 0 Å². The first-order valence-electron chi connectivity index (χ1n) is 6.84. The Balaban J connectivity index is 2.35. The van der Waals surface area contributed by atoms with Crippen molar-refractivity contribution in [1.29, 1.82) is 0 Å². The Bertz CT molecular complexity index is 613. The first kappa shape index (κ1) is 15.3. The molecule has 112 valence electrons. The third kappa shape index (κ3) is 3.34.